The first kappa shape index (κ1) is 11.9. The van der Waals surface area contributed by atoms with E-state index >= 15 is 0 Å². The Balaban J connectivity index is 2.27. The highest BCUT2D eigenvalue weighted by Crippen LogP contribution is 2.27. The summed E-state index contributed by atoms with van der Waals surface area (Å²) >= 11 is 3.52. The molecule has 4 heteroatoms. The second-order valence-electron chi connectivity index (χ2n) is 3.82. The van der Waals surface area contributed by atoms with Gasteiger partial charge in [0.05, 0.1) is 29.5 Å². The zero-order chi connectivity index (χ0) is 12.3. The Bertz CT molecular complexity index is 526. The van der Waals surface area contributed by atoms with Crippen molar-refractivity contribution in [3.05, 3.63) is 46.7 Å². The van der Waals surface area contributed by atoms with E-state index in [4.69, 9.17) is 0 Å². The number of hydrogen-bond donors (Lipinski definition) is 2. The topological polar surface area (TPSA) is 37.0 Å². The molecule has 88 valence electrons. The average Bonchev–Trinajstić information content (AvgIpc) is 2.34. The summed E-state index contributed by atoms with van der Waals surface area (Å²) in [5.74, 6) is 0. The molecule has 0 radical (unpaired) electrons. The number of nitrogens with zero attached hydrogens (tertiary/aromatic N) is 1. The SMILES string of the molecule is CNc1cncc(Nc2cc(C)ccc2Br)c1. The van der Waals surface area contributed by atoms with Gasteiger partial charge in [0, 0.05) is 11.5 Å². The van der Waals surface area contributed by atoms with Gasteiger partial charge in [-0.05, 0) is 46.6 Å². The molecule has 2 rings (SSSR count). The molecular weight excluding hydrogens is 278 g/mol. The van der Waals surface area contributed by atoms with E-state index in [0.717, 1.165) is 21.5 Å². The van der Waals surface area contributed by atoms with Crippen molar-refractivity contribution in [2.45, 2.75) is 6.92 Å². The van der Waals surface area contributed by atoms with E-state index in [2.05, 4.69) is 50.6 Å². The Labute approximate surface area is 109 Å². The highest BCUT2D eigenvalue weighted by Gasteiger charge is 2.01. The predicted octanol–water partition coefficient (Wildman–Crippen LogP) is 3.94. The van der Waals surface area contributed by atoms with Gasteiger partial charge in [-0.15, -0.1) is 0 Å². The molecule has 0 saturated heterocycles. The number of aromatic nitrogens is 1. The monoisotopic (exact) mass is 291 g/mol. The van der Waals surface area contributed by atoms with Crippen LogP contribution in [-0.4, -0.2) is 12.0 Å². The molecule has 17 heavy (non-hydrogen) atoms. The van der Waals surface area contributed by atoms with Crippen LogP contribution in [0, 0.1) is 6.92 Å². The van der Waals surface area contributed by atoms with Crippen LogP contribution in [-0.2, 0) is 0 Å². The Morgan fingerprint density at radius 2 is 1.88 bits per heavy atom. The number of halogens is 1. The van der Waals surface area contributed by atoms with Gasteiger partial charge in [0.1, 0.15) is 0 Å². The van der Waals surface area contributed by atoms with Crippen molar-refractivity contribution in [3.8, 4) is 0 Å². The van der Waals surface area contributed by atoms with Crippen molar-refractivity contribution >= 4 is 33.0 Å². The van der Waals surface area contributed by atoms with E-state index in [9.17, 15) is 0 Å². The highest BCUT2D eigenvalue weighted by molar-refractivity contribution is 9.10. The molecule has 0 saturated carbocycles. The molecule has 0 unspecified atom stereocenters. The number of hydrogen-bond acceptors (Lipinski definition) is 3. The maximum absolute atomic E-state index is 4.16. The first-order chi connectivity index (χ1) is 8.19. The van der Waals surface area contributed by atoms with Crippen LogP contribution in [0.1, 0.15) is 5.56 Å². The van der Waals surface area contributed by atoms with Crippen LogP contribution >= 0.6 is 15.9 Å². The third kappa shape index (κ3) is 2.97. The minimum absolute atomic E-state index is 0.961. The lowest BCUT2D eigenvalue weighted by molar-refractivity contribution is 1.30. The molecule has 2 N–H and O–H groups in total. The van der Waals surface area contributed by atoms with Gasteiger partial charge < -0.3 is 10.6 Å². The first-order valence-corrected chi connectivity index (χ1v) is 6.14. The molecule has 0 spiro atoms. The molecule has 1 aromatic heterocycles. The Hall–Kier alpha value is -1.55. The van der Waals surface area contributed by atoms with Crippen molar-refractivity contribution in [1.82, 2.24) is 4.98 Å². The molecule has 1 heterocycles. The van der Waals surface area contributed by atoms with Gasteiger partial charge in [0.15, 0.2) is 0 Å². The van der Waals surface area contributed by atoms with Crippen LogP contribution in [0.4, 0.5) is 17.1 Å². The molecule has 3 nitrogen and oxygen atoms in total. The van der Waals surface area contributed by atoms with Gasteiger partial charge in [-0.25, -0.2) is 0 Å². The second-order valence-corrected chi connectivity index (χ2v) is 4.67. The van der Waals surface area contributed by atoms with Gasteiger partial charge in [-0.2, -0.15) is 0 Å². The number of anilines is 3. The Morgan fingerprint density at radius 1 is 1.12 bits per heavy atom. The minimum Gasteiger partial charge on any atom is -0.387 e. The fourth-order valence-corrected chi connectivity index (χ4v) is 1.88. The smallest absolute Gasteiger partial charge is 0.0591 e. The molecule has 0 fully saturated rings. The van der Waals surface area contributed by atoms with E-state index in [1.165, 1.54) is 5.56 Å². The lowest BCUT2D eigenvalue weighted by atomic mass is 10.2. The van der Waals surface area contributed by atoms with Gasteiger partial charge in [-0.1, -0.05) is 6.07 Å². The summed E-state index contributed by atoms with van der Waals surface area (Å²) in [6.45, 7) is 2.07. The number of rotatable bonds is 3. The van der Waals surface area contributed by atoms with Crippen LogP contribution in [0.25, 0.3) is 0 Å². The Morgan fingerprint density at radius 3 is 2.65 bits per heavy atom. The van der Waals surface area contributed by atoms with Crippen molar-refractivity contribution in [1.29, 1.82) is 0 Å². The molecular formula is C13H14BrN3. The maximum atomic E-state index is 4.16. The molecule has 0 atom stereocenters. The van der Waals surface area contributed by atoms with E-state index < -0.39 is 0 Å². The summed E-state index contributed by atoms with van der Waals surface area (Å²) < 4.78 is 1.04. The molecule has 0 aliphatic rings. The van der Waals surface area contributed by atoms with Crippen LogP contribution in [0.2, 0.25) is 0 Å². The number of aryl methyl sites for hydroxylation is 1. The highest BCUT2D eigenvalue weighted by atomic mass is 79.9. The lowest BCUT2D eigenvalue weighted by Gasteiger charge is -2.10. The third-order valence-corrected chi connectivity index (χ3v) is 3.12. The quantitative estimate of drug-likeness (QED) is 0.899. The van der Waals surface area contributed by atoms with Gasteiger partial charge >= 0.3 is 0 Å². The van der Waals surface area contributed by atoms with Crippen molar-refractivity contribution in [2.24, 2.45) is 0 Å². The largest absolute Gasteiger partial charge is 0.387 e. The van der Waals surface area contributed by atoms with Gasteiger partial charge in [0.25, 0.3) is 0 Å². The first-order valence-electron chi connectivity index (χ1n) is 5.35. The summed E-state index contributed by atoms with van der Waals surface area (Å²) in [6, 6.07) is 8.21. The van der Waals surface area contributed by atoms with Crippen LogP contribution in [0.5, 0.6) is 0 Å². The van der Waals surface area contributed by atoms with Crippen molar-refractivity contribution in [3.63, 3.8) is 0 Å². The molecule has 0 aliphatic heterocycles. The van der Waals surface area contributed by atoms with E-state index in [1.54, 1.807) is 12.4 Å². The van der Waals surface area contributed by atoms with E-state index in [1.807, 2.05) is 19.2 Å². The van der Waals surface area contributed by atoms with Gasteiger partial charge in [-0.3, -0.25) is 4.98 Å². The second kappa shape index (κ2) is 5.19. The predicted molar refractivity (Wildman–Crippen MR) is 75.9 cm³/mol. The zero-order valence-corrected chi connectivity index (χ0v) is 11.4. The Kier molecular flexibility index (Phi) is 3.64. The molecule has 0 aliphatic carbocycles. The minimum atomic E-state index is 0.961. The number of benzene rings is 1. The maximum Gasteiger partial charge on any atom is 0.0591 e. The summed E-state index contributed by atoms with van der Waals surface area (Å²) in [5, 5.41) is 6.40. The summed E-state index contributed by atoms with van der Waals surface area (Å²) in [6.07, 6.45) is 3.59. The van der Waals surface area contributed by atoms with Crippen molar-refractivity contribution in [2.75, 3.05) is 17.7 Å². The summed E-state index contributed by atoms with van der Waals surface area (Å²) in [4.78, 5) is 4.16. The third-order valence-electron chi connectivity index (χ3n) is 2.43. The van der Waals surface area contributed by atoms with Crippen LogP contribution in [0.15, 0.2) is 41.1 Å². The van der Waals surface area contributed by atoms with Crippen LogP contribution < -0.4 is 10.6 Å². The van der Waals surface area contributed by atoms with Crippen LogP contribution in [0.3, 0.4) is 0 Å². The van der Waals surface area contributed by atoms with Crippen molar-refractivity contribution < 1.29 is 0 Å². The summed E-state index contributed by atoms with van der Waals surface area (Å²) in [7, 11) is 1.88. The van der Waals surface area contributed by atoms with E-state index in [-0.39, 0.29) is 0 Å². The molecule has 2 aromatic rings. The molecule has 1 aromatic carbocycles. The fourth-order valence-electron chi connectivity index (χ4n) is 1.54. The molecule has 0 amide bonds. The van der Waals surface area contributed by atoms with Gasteiger partial charge in [0.2, 0.25) is 0 Å². The summed E-state index contributed by atoms with van der Waals surface area (Å²) in [5.41, 5.74) is 4.20. The standard InChI is InChI=1S/C13H14BrN3/c1-9-3-4-12(14)13(5-9)17-11-6-10(15-2)7-16-8-11/h3-8,15,17H,1-2H3. The normalized spacial score (nSPS) is 10.1. The fraction of sp³-hybridized carbons (Fsp3) is 0.154. The zero-order valence-electron chi connectivity index (χ0n) is 9.79. The molecule has 0 bridgehead atoms. The number of pyridine rings is 1. The lowest BCUT2D eigenvalue weighted by Crippen LogP contribution is -1.95. The number of nitrogens with one attached hydrogen (secondary N) is 2. The average molecular weight is 292 g/mol. The van der Waals surface area contributed by atoms with E-state index in [0.29, 0.717) is 0 Å².